The predicted molar refractivity (Wildman–Crippen MR) is 66.0 cm³/mol. The quantitative estimate of drug-likeness (QED) is 0.839. The van der Waals surface area contributed by atoms with Crippen LogP contribution in [0.1, 0.15) is 36.2 Å². The Morgan fingerprint density at radius 3 is 2.16 bits per heavy atom. The van der Waals surface area contributed by atoms with Gasteiger partial charge in [-0.25, -0.2) is 0 Å². The first-order valence-corrected chi connectivity index (χ1v) is 6.85. The van der Waals surface area contributed by atoms with Gasteiger partial charge in [-0.05, 0) is 12.8 Å². The lowest BCUT2D eigenvalue weighted by Gasteiger charge is -2.27. The van der Waals surface area contributed by atoms with Gasteiger partial charge in [0.15, 0.2) is 0 Å². The highest BCUT2D eigenvalue weighted by Gasteiger charge is 2.45. The topological polar surface area (TPSA) is 67.1 Å². The first-order valence-electron chi connectivity index (χ1n) is 6.85. The molecule has 4 rings (SSSR count). The van der Waals surface area contributed by atoms with E-state index in [4.69, 9.17) is 9.47 Å². The van der Waals surface area contributed by atoms with Gasteiger partial charge >= 0.3 is 0 Å². The van der Waals surface area contributed by atoms with Gasteiger partial charge in [-0.3, -0.25) is 9.47 Å². The number of aromatic nitrogens is 1. The van der Waals surface area contributed by atoms with E-state index in [1.165, 1.54) is 0 Å². The van der Waals surface area contributed by atoms with Crippen LogP contribution in [-0.4, -0.2) is 46.0 Å². The molecule has 2 atom stereocenters. The number of ether oxygens (including phenoxy) is 2. The Kier molecular flexibility index (Phi) is 2.51. The average Bonchev–Trinajstić information content (AvgIpc) is 3.10. The summed E-state index contributed by atoms with van der Waals surface area (Å²) >= 11 is 0. The molecule has 3 aliphatic rings. The van der Waals surface area contributed by atoms with Gasteiger partial charge in [0.1, 0.15) is 0 Å². The van der Waals surface area contributed by atoms with Gasteiger partial charge in [-0.15, -0.1) is 0 Å². The Hall–Kier alpha value is -1.24. The van der Waals surface area contributed by atoms with Gasteiger partial charge in [0.25, 0.3) is 0 Å². The molecule has 2 N–H and O–H groups in total. The normalized spacial score (nSPS) is 29.9. The molecule has 2 fully saturated rings. The Labute approximate surface area is 111 Å². The number of morpholine rings is 1. The molecule has 19 heavy (non-hydrogen) atoms. The van der Waals surface area contributed by atoms with Crippen LogP contribution in [0.4, 0.5) is 0 Å². The summed E-state index contributed by atoms with van der Waals surface area (Å²) in [6, 6.07) is 0. The van der Waals surface area contributed by atoms with E-state index in [1.54, 1.807) is 4.57 Å². The van der Waals surface area contributed by atoms with Gasteiger partial charge in [0.2, 0.25) is 11.8 Å². The molecule has 0 aliphatic carbocycles. The van der Waals surface area contributed by atoms with E-state index in [0.717, 1.165) is 37.1 Å². The average molecular weight is 266 g/mol. The van der Waals surface area contributed by atoms with Crippen LogP contribution >= 0.6 is 0 Å². The van der Waals surface area contributed by atoms with E-state index in [1.807, 2.05) is 0 Å². The first-order chi connectivity index (χ1) is 9.25. The Balaban J connectivity index is 1.66. The summed E-state index contributed by atoms with van der Waals surface area (Å²) in [5.74, 6) is 0.345. The monoisotopic (exact) mass is 266 g/mol. The van der Waals surface area contributed by atoms with Crippen molar-refractivity contribution in [3.8, 4) is 11.8 Å². The van der Waals surface area contributed by atoms with Crippen LogP contribution in [0.15, 0.2) is 0 Å². The summed E-state index contributed by atoms with van der Waals surface area (Å²) in [5, 5.41) is 20.7. The van der Waals surface area contributed by atoms with Crippen LogP contribution in [0.25, 0.3) is 0 Å². The van der Waals surface area contributed by atoms with Crippen LogP contribution in [0.3, 0.4) is 0 Å². The molecular formula is C13H18N2O4. The van der Waals surface area contributed by atoms with Crippen LogP contribution in [0.5, 0.6) is 11.8 Å². The molecule has 0 spiro atoms. The van der Waals surface area contributed by atoms with Crippen LogP contribution in [0.2, 0.25) is 0 Å². The third-order valence-corrected chi connectivity index (χ3v) is 4.39. The smallest absolute Gasteiger partial charge is 0.201 e. The van der Waals surface area contributed by atoms with E-state index in [-0.39, 0.29) is 24.0 Å². The van der Waals surface area contributed by atoms with Crippen molar-refractivity contribution in [2.24, 2.45) is 0 Å². The van der Waals surface area contributed by atoms with Gasteiger partial charge in [-0.2, -0.15) is 0 Å². The van der Waals surface area contributed by atoms with Crippen molar-refractivity contribution in [3.63, 3.8) is 0 Å². The Morgan fingerprint density at radius 1 is 1.00 bits per heavy atom. The molecule has 104 valence electrons. The number of hydrogen-bond acceptors (Lipinski definition) is 5. The van der Waals surface area contributed by atoms with Crippen molar-refractivity contribution in [1.29, 1.82) is 0 Å². The third kappa shape index (κ3) is 1.60. The molecule has 1 aromatic heterocycles. The second-order valence-corrected chi connectivity index (χ2v) is 5.47. The third-order valence-electron chi connectivity index (χ3n) is 4.39. The van der Waals surface area contributed by atoms with Gasteiger partial charge < -0.3 is 19.7 Å². The summed E-state index contributed by atoms with van der Waals surface area (Å²) < 4.78 is 12.6. The van der Waals surface area contributed by atoms with E-state index < -0.39 is 0 Å². The van der Waals surface area contributed by atoms with Gasteiger partial charge in [-0.1, -0.05) is 0 Å². The minimum atomic E-state index is -0.0307. The first kappa shape index (κ1) is 11.6. The van der Waals surface area contributed by atoms with E-state index in [2.05, 4.69) is 4.90 Å². The summed E-state index contributed by atoms with van der Waals surface area (Å²) in [7, 11) is 0. The number of nitrogens with zero attached hydrogens (tertiary/aromatic N) is 2. The zero-order valence-electron chi connectivity index (χ0n) is 10.7. The molecule has 6 nitrogen and oxygen atoms in total. The number of rotatable bonds is 2. The summed E-state index contributed by atoms with van der Waals surface area (Å²) in [4.78, 5) is 2.17. The van der Waals surface area contributed by atoms with Gasteiger partial charge in [0.05, 0.1) is 43.2 Å². The minimum Gasteiger partial charge on any atom is -0.494 e. The van der Waals surface area contributed by atoms with Crippen LogP contribution in [-0.2, 0) is 16.1 Å². The fourth-order valence-corrected chi connectivity index (χ4v) is 3.41. The maximum atomic E-state index is 10.3. The van der Waals surface area contributed by atoms with Crippen molar-refractivity contribution in [3.05, 3.63) is 11.1 Å². The SMILES string of the molecule is Oc1c2c(c(O)n1CN1CCOCC1)[C@H]1CC[C@@H]2O1. The lowest BCUT2D eigenvalue weighted by atomic mass is 9.95. The Morgan fingerprint density at radius 2 is 1.58 bits per heavy atom. The number of hydrogen-bond donors (Lipinski definition) is 2. The highest BCUT2D eigenvalue weighted by atomic mass is 16.5. The molecule has 0 unspecified atom stereocenters. The molecule has 4 heterocycles. The second-order valence-electron chi connectivity index (χ2n) is 5.47. The minimum absolute atomic E-state index is 0.0307. The molecule has 1 aromatic rings. The zero-order valence-corrected chi connectivity index (χ0v) is 10.7. The maximum absolute atomic E-state index is 10.3. The highest BCUT2D eigenvalue weighted by molar-refractivity contribution is 5.51. The largest absolute Gasteiger partial charge is 0.494 e. The lowest BCUT2D eigenvalue weighted by Crippen LogP contribution is -2.37. The zero-order chi connectivity index (χ0) is 13.0. The summed E-state index contributed by atoms with van der Waals surface area (Å²) in [6.45, 7) is 3.57. The van der Waals surface area contributed by atoms with Crippen molar-refractivity contribution >= 4 is 0 Å². The van der Waals surface area contributed by atoms with E-state index in [0.29, 0.717) is 19.9 Å². The molecule has 2 saturated heterocycles. The van der Waals surface area contributed by atoms with Crippen LogP contribution < -0.4 is 0 Å². The van der Waals surface area contributed by atoms with Crippen molar-refractivity contribution in [2.75, 3.05) is 26.3 Å². The molecule has 0 radical (unpaired) electrons. The number of aromatic hydroxyl groups is 2. The molecular weight excluding hydrogens is 248 g/mol. The highest BCUT2D eigenvalue weighted by Crippen LogP contribution is 2.57. The van der Waals surface area contributed by atoms with Gasteiger partial charge in [0, 0.05) is 13.1 Å². The molecule has 0 amide bonds. The molecule has 6 heteroatoms. The van der Waals surface area contributed by atoms with Crippen LogP contribution in [0, 0.1) is 0 Å². The Bertz CT molecular complexity index is 474. The lowest BCUT2D eigenvalue weighted by molar-refractivity contribution is 0.0200. The maximum Gasteiger partial charge on any atom is 0.201 e. The van der Waals surface area contributed by atoms with Crippen molar-refractivity contribution in [2.45, 2.75) is 31.7 Å². The molecule has 0 saturated carbocycles. The van der Waals surface area contributed by atoms with E-state index in [9.17, 15) is 10.2 Å². The fourth-order valence-electron chi connectivity index (χ4n) is 3.41. The predicted octanol–water partition coefficient (Wildman–Crippen LogP) is 1.10. The van der Waals surface area contributed by atoms with Crippen molar-refractivity contribution in [1.82, 2.24) is 9.47 Å². The summed E-state index contributed by atoms with van der Waals surface area (Å²) in [5.41, 5.74) is 1.61. The van der Waals surface area contributed by atoms with E-state index >= 15 is 0 Å². The molecule has 0 aromatic carbocycles. The molecule has 3 aliphatic heterocycles. The van der Waals surface area contributed by atoms with Crippen molar-refractivity contribution < 1.29 is 19.7 Å². The second kappa shape index (κ2) is 4.13. The number of fused-ring (bicyclic) bond motifs is 5. The molecule has 2 bridgehead atoms. The standard InChI is InChI=1S/C13H18N2O4/c16-12-10-8-1-2-9(19-8)11(10)13(17)15(12)7-14-3-5-18-6-4-14/h8-9,16-17H,1-7H2/t8-,9+. The fraction of sp³-hybridized carbons (Fsp3) is 0.692. The summed E-state index contributed by atoms with van der Waals surface area (Å²) in [6.07, 6.45) is 1.81.